The van der Waals surface area contributed by atoms with Gasteiger partial charge in [-0.25, -0.2) is 29.0 Å². The Hall–Kier alpha value is -12.7. The molecule has 0 spiro atoms. The van der Waals surface area contributed by atoms with Crippen molar-refractivity contribution in [1.29, 1.82) is 0 Å². The Morgan fingerprint density at radius 1 is 0.451 bits per heavy atom. The van der Waals surface area contributed by atoms with Gasteiger partial charge in [0.05, 0.1) is 96.9 Å². The second-order valence-corrected chi connectivity index (χ2v) is 25.7. The lowest BCUT2D eigenvalue weighted by molar-refractivity contribution is 0.0825. The van der Waals surface area contributed by atoms with Crippen LogP contribution in [0.3, 0.4) is 0 Å². The van der Waals surface area contributed by atoms with E-state index in [9.17, 15) is 44.1 Å². The molecular weight excluding hydrogens is 1300 g/mol. The SMILES string of the molecule is Cc1cc(=O)n2nc1OCCC(O)Cn1c(nc3ccccc31)NC(=O)c1cccc(c1)C2.O=C1Nc2nc3cc(O)ccc3n2Cc2cccc(c2)-c2ccc(=O)n(n2)Cc2cccc1c2.O=C1Nc2nc3ccccc3n2C[C@H](O)[C@@H]2CCCN(C2)c2ccc(=O)n(n2)Cc2cccc1c2. The number of imidazole rings is 3. The van der Waals surface area contributed by atoms with Crippen molar-refractivity contribution in [2.24, 2.45) is 5.92 Å². The van der Waals surface area contributed by atoms with E-state index in [1.165, 1.54) is 32.2 Å². The highest BCUT2D eigenvalue weighted by Crippen LogP contribution is 2.31. The minimum atomic E-state index is -0.749. The van der Waals surface area contributed by atoms with Crippen LogP contribution in [0.2, 0.25) is 0 Å². The smallest absolute Gasteiger partial charge is 0.267 e. The Bertz CT molecular complexity index is 5620. The van der Waals surface area contributed by atoms with Crippen molar-refractivity contribution in [3.05, 3.63) is 270 Å². The highest BCUT2D eigenvalue weighted by Gasteiger charge is 2.30. The Morgan fingerprint density at radius 2 is 0.961 bits per heavy atom. The number of para-hydroxylation sites is 4. The molecule has 26 heteroatoms. The van der Waals surface area contributed by atoms with Crippen LogP contribution in [0.5, 0.6) is 11.6 Å². The molecule has 0 aliphatic carbocycles. The van der Waals surface area contributed by atoms with Crippen molar-refractivity contribution in [3.8, 4) is 22.9 Å². The summed E-state index contributed by atoms with van der Waals surface area (Å²) in [6.45, 7) is 5.09. The predicted octanol–water partition coefficient (Wildman–Crippen LogP) is 8.46. The van der Waals surface area contributed by atoms with Crippen molar-refractivity contribution in [2.75, 3.05) is 40.5 Å². The summed E-state index contributed by atoms with van der Waals surface area (Å²) >= 11 is 0. The minimum Gasteiger partial charge on any atom is -0.508 e. The number of piperidine rings is 1. The summed E-state index contributed by atoms with van der Waals surface area (Å²) in [5.74, 6) is 1.37. The second-order valence-electron chi connectivity index (χ2n) is 25.7. The molecule has 3 amide bonds. The van der Waals surface area contributed by atoms with Crippen molar-refractivity contribution in [1.82, 2.24) is 58.0 Å². The number of nitrogens with zero attached hydrogens (tertiary/aromatic N) is 13. The minimum absolute atomic E-state index is 0.0104. The Balaban J connectivity index is 0.000000124. The molecule has 1 fully saturated rings. The highest BCUT2D eigenvalue weighted by molar-refractivity contribution is 6.06. The topological polar surface area (TPSA) is 319 Å². The van der Waals surface area contributed by atoms with E-state index in [0.29, 0.717) is 83.2 Å². The fraction of sp³-hybridized carbons (Fsp3) is 0.211. The summed E-state index contributed by atoms with van der Waals surface area (Å²) in [7, 11) is 0. The first kappa shape index (κ1) is 65.3. The third-order valence-electron chi connectivity index (χ3n) is 18.5. The summed E-state index contributed by atoms with van der Waals surface area (Å²) in [6, 6.07) is 57.3. The standard InChI is InChI=1S/C26H26N6O3.C26H19N5O3.C24H23N5O4/c33-22-16-31-21-9-2-1-8-20(21)27-26(31)28-25(35)18-6-3-5-17(13-18)14-32-24(34)11-10-23(29-32)30-12-4-7-19(22)15-30;32-20-7-9-23-22(13-20)27-26-28-25(34)19-6-2-4-17(12-19)15-31-24(33)10-8-21(29-31)18-5-1-3-16(11-18)14-30(23)26;1-15-11-21(31)29-13-16-5-4-6-17(12-16)22(32)26-24-25-19-7-2-3-8-20(19)28(24)14-18(30)9-10-33-23(15)27-29/h1-3,5-6,8-11,13,19,22,33H,4,7,12,14-16H2,(H,27,28,35);1-13,32H,14-15H2,(H,27,28,34);2-8,11-12,18,30H,9-10,13-14H2,1H3,(H,25,26,32)/t19-,22+;;/m1../s1. The van der Waals surface area contributed by atoms with Crippen LogP contribution in [0.25, 0.3) is 44.4 Å². The van der Waals surface area contributed by atoms with E-state index in [0.717, 1.165) is 80.6 Å². The van der Waals surface area contributed by atoms with Gasteiger partial charge in [-0.3, -0.25) is 44.7 Å². The molecule has 0 radical (unpaired) electrons. The molecule has 4 aliphatic heterocycles. The number of aromatic nitrogens is 12. The number of amides is 3. The number of hydrogen-bond acceptors (Lipinski definition) is 17. The third-order valence-corrected chi connectivity index (χ3v) is 18.5. The lowest BCUT2D eigenvalue weighted by atomic mass is 9.92. The maximum absolute atomic E-state index is 13.2. The number of phenolic OH excluding ortho intramolecular Hbond substituents is 1. The molecule has 16 bridgehead atoms. The summed E-state index contributed by atoms with van der Waals surface area (Å²) in [6.07, 6.45) is 0.739. The largest absolute Gasteiger partial charge is 0.508 e. The molecule has 0 saturated carbocycles. The van der Waals surface area contributed by atoms with E-state index in [1.54, 1.807) is 96.4 Å². The summed E-state index contributed by atoms with van der Waals surface area (Å²) in [5.41, 5.74) is 10.6. The molecule has 1 unspecified atom stereocenters. The Labute approximate surface area is 581 Å². The molecule has 13 aromatic rings. The maximum atomic E-state index is 13.2. The maximum Gasteiger partial charge on any atom is 0.267 e. The second kappa shape index (κ2) is 27.9. The van der Waals surface area contributed by atoms with Gasteiger partial charge in [-0.05, 0) is 133 Å². The number of rotatable bonds is 0. The molecule has 10 heterocycles. The van der Waals surface area contributed by atoms with Gasteiger partial charge in [-0.1, -0.05) is 78.9 Å². The number of benzene rings is 7. The molecule has 3 atom stereocenters. The number of aliphatic hydroxyl groups is 2. The molecular formula is C76H68N16O10. The van der Waals surface area contributed by atoms with Crippen molar-refractivity contribution in [2.45, 2.75) is 77.7 Å². The number of carbonyl (C=O) groups is 3. The van der Waals surface area contributed by atoms with Crippen LogP contribution in [0.15, 0.2) is 209 Å². The third kappa shape index (κ3) is 13.9. The monoisotopic (exact) mass is 1360 g/mol. The van der Waals surface area contributed by atoms with Gasteiger partial charge in [-0.2, -0.15) is 10.2 Å². The molecule has 4 aliphatic rings. The molecule has 1 saturated heterocycles. The zero-order chi connectivity index (χ0) is 70.1. The number of aryl methyl sites for hydroxylation is 1. The normalized spacial score (nSPS) is 16.7. The molecule has 6 N–H and O–H groups in total. The number of anilines is 4. The van der Waals surface area contributed by atoms with Gasteiger partial charge in [0, 0.05) is 77.5 Å². The van der Waals surface area contributed by atoms with Gasteiger partial charge in [0.1, 0.15) is 11.6 Å². The lowest BCUT2D eigenvalue weighted by Gasteiger charge is -2.36. The number of carbonyl (C=O) groups excluding carboxylic acids is 3. The van der Waals surface area contributed by atoms with Crippen LogP contribution in [0.1, 0.15) is 78.2 Å². The van der Waals surface area contributed by atoms with Crippen LogP contribution < -0.4 is 42.3 Å². The summed E-state index contributed by atoms with van der Waals surface area (Å²) in [4.78, 5) is 92.8. The fourth-order valence-electron chi connectivity index (χ4n) is 13.3. The van der Waals surface area contributed by atoms with Gasteiger partial charge < -0.3 is 38.7 Å². The first-order valence-electron chi connectivity index (χ1n) is 33.5. The number of fused-ring (bicyclic) bond motifs is 27. The number of phenols is 1. The van der Waals surface area contributed by atoms with E-state index in [2.05, 4.69) is 51.1 Å². The van der Waals surface area contributed by atoms with Crippen LogP contribution >= 0.6 is 0 Å². The van der Waals surface area contributed by atoms with Gasteiger partial charge in [0.2, 0.25) is 23.7 Å². The van der Waals surface area contributed by atoms with Crippen LogP contribution in [-0.2, 0) is 39.3 Å². The number of nitrogens with one attached hydrogen (secondary N) is 3. The summed E-state index contributed by atoms with van der Waals surface area (Å²) < 4.78 is 15.6. The van der Waals surface area contributed by atoms with E-state index in [-0.39, 0.29) is 78.9 Å². The quantitative estimate of drug-likeness (QED) is 0.0829. The molecule has 102 heavy (non-hydrogen) atoms. The number of aliphatic hydroxyl groups excluding tert-OH is 2. The highest BCUT2D eigenvalue weighted by atomic mass is 16.5. The average molecular weight is 1370 g/mol. The zero-order valence-electron chi connectivity index (χ0n) is 55.2. The van der Waals surface area contributed by atoms with Gasteiger partial charge in [0.25, 0.3) is 34.4 Å². The summed E-state index contributed by atoms with van der Waals surface area (Å²) in [5, 5.41) is 54.2. The fourth-order valence-corrected chi connectivity index (χ4v) is 13.3. The van der Waals surface area contributed by atoms with Gasteiger partial charge in [-0.15, -0.1) is 5.10 Å². The van der Waals surface area contributed by atoms with Gasteiger partial charge in [0.15, 0.2) is 0 Å². The van der Waals surface area contributed by atoms with Crippen LogP contribution in [0.4, 0.5) is 23.7 Å². The average Bonchev–Trinajstić information content (AvgIpc) is 1.63. The molecule has 17 rings (SSSR count). The Morgan fingerprint density at radius 3 is 1.58 bits per heavy atom. The zero-order valence-corrected chi connectivity index (χ0v) is 55.2. The van der Waals surface area contributed by atoms with E-state index in [1.807, 2.05) is 100 Å². The van der Waals surface area contributed by atoms with Crippen molar-refractivity contribution >= 4 is 74.5 Å². The van der Waals surface area contributed by atoms with Crippen molar-refractivity contribution in [3.63, 3.8) is 0 Å². The van der Waals surface area contributed by atoms with E-state index in [4.69, 9.17) is 4.74 Å². The number of hydrogen-bond donors (Lipinski definition) is 6. The Kier molecular flexibility index (Phi) is 17.9. The molecule has 6 aromatic heterocycles. The molecule has 512 valence electrons. The van der Waals surface area contributed by atoms with Crippen molar-refractivity contribution < 1.29 is 34.4 Å². The van der Waals surface area contributed by atoms with E-state index >= 15 is 0 Å². The molecule has 7 aromatic carbocycles. The number of aromatic hydroxyl groups is 1. The first-order chi connectivity index (χ1) is 49.6. The predicted molar refractivity (Wildman–Crippen MR) is 383 cm³/mol. The van der Waals surface area contributed by atoms with Crippen LogP contribution in [0, 0.1) is 12.8 Å². The number of ether oxygens (including phenoxy) is 1. The van der Waals surface area contributed by atoms with E-state index < -0.39 is 12.2 Å². The lowest BCUT2D eigenvalue weighted by Crippen LogP contribution is -2.43. The van der Waals surface area contributed by atoms with Gasteiger partial charge >= 0.3 is 0 Å². The van der Waals surface area contributed by atoms with Crippen LogP contribution in [-0.4, -0.2) is 123 Å². The first-order valence-corrected chi connectivity index (χ1v) is 33.5. The molecule has 26 nitrogen and oxygen atoms in total.